The molecule has 2 aliphatic heterocycles. The van der Waals surface area contributed by atoms with Gasteiger partial charge in [0.25, 0.3) is 0 Å². The highest BCUT2D eigenvalue weighted by Crippen LogP contribution is 2.36. The highest BCUT2D eigenvalue weighted by Gasteiger charge is 2.28. The van der Waals surface area contributed by atoms with E-state index in [9.17, 15) is 4.21 Å². The zero-order valence-electron chi connectivity index (χ0n) is 13.3. The molecule has 1 fully saturated rings. The van der Waals surface area contributed by atoms with Crippen molar-refractivity contribution in [2.24, 2.45) is 4.99 Å². The first-order valence-electron chi connectivity index (χ1n) is 7.45. The Bertz CT molecular complexity index is 631. The minimum absolute atomic E-state index is 0.310. The van der Waals surface area contributed by atoms with Crippen LogP contribution in [0.3, 0.4) is 0 Å². The highest BCUT2D eigenvalue weighted by molar-refractivity contribution is 8.00. The molecule has 0 bridgehead atoms. The van der Waals surface area contributed by atoms with Crippen LogP contribution in [0.2, 0.25) is 0 Å². The smallest absolute Gasteiger partial charge is 0.318 e. The van der Waals surface area contributed by atoms with Crippen LogP contribution in [0.1, 0.15) is 5.69 Å². The number of aliphatic imine (C=N–C) groups is 1. The van der Waals surface area contributed by atoms with E-state index in [1.165, 1.54) is 7.11 Å². The van der Waals surface area contributed by atoms with Crippen molar-refractivity contribution >= 4 is 27.3 Å². The van der Waals surface area contributed by atoms with Crippen LogP contribution in [0.25, 0.3) is 0 Å². The van der Waals surface area contributed by atoms with Gasteiger partial charge in [0.15, 0.2) is 5.82 Å². The minimum atomic E-state index is -1.17. The zero-order chi connectivity index (χ0) is 16.2. The molecular weight excluding hydrogens is 320 g/mol. The average molecular weight is 340 g/mol. The normalized spacial score (nSPS) is 18.5. The predicted octanol–water partition coefficient (Wildman–Crippen LogP) is 0.303. The average Bonchev–Trinajstić information content (AvgIpc) is 3.03. The lowest BCUT2D eigenvalue weighted by molar-refractivity contribution is 0.122. The predicted molar refractivity (Wildman–Crippen MR) is 87.3 cm³/mol. The second-order valence-corrected chi connectivity index (χ2v) is 6.72. The summed E-state index contributed by atoms with van der Waals surface area (Å²) >= 11 is 0. The number of rotatable bonds is 5. The van der Waals surface area contributed by atoms with E-state index in [4.69, 9.17) is 14.2 Å². The highest BCUT2D eigenvalue weighted by atomic mass is 32.2. The van der Waals surface area contributed by atoms with Crippen molar-refractivity contribution < 1.29 is 18.4 Å². The summed E-state index contributed by atoms with van der Waals surface area (Å²) in [5.74, 6) is 1.16. The first-order valence-corrected chi connectivity index (χ1v) is 8.77. The van der Waals surface area contributed by atoms with Gasteiger partial charge < -0.3 is 19.1 Å². The van der Waals surface area contributed by atoms with Gasteiger partial charge in [-0.2, -0.15) is 9.97 Å². The lowest BCUT2D eigenvalue weighted by Crippen LogP contribution is -2.37. The number of anilines is 1. The van der Waals surface area contributed by atoms with Gasteiger partial charge in [0, 0.05) is 26.6 Å². The summed E-state index contributed by atoms with van der Waals surface area (Å²) in [6.45, 7) is 3.22. The van der Waals surface area contributed by atoms with Crippen LogP contribution in [-0.2, 0) is 26.7 Å². The summed E-state index contributed by atoms with van der Waals surface area (Å²) in [7, 11) is 1.96. The van der Waals surface area contributed by atoms with E-state index < -0.39 is 10.8 Å². The van der Waals surface area contributed by atoms with Gasteiger partial charge in [-0.3, -0.25) is 4.21 Å². The summed E-state index contributed by atoms with van der Waals surface area (Å²) in [5, 5.41) is 0.620. The largest absolute Gasteiger partial charge is 0.467 e. The molecule has 1 atom stereocenters. The summed E-state index contributed by atoms with van der Waals surface area (Å²) in [6, 6.07) is 0.310. The van der Waals surface area contributed by atoms with Crippen LogP contribution >= 0.6 is 0 Å². The SMILES string of the molecule is COCCS(=O)C1=Nc2c(nc(OC)nc2N2CCOCC2)C1. The molecule has 1 unspecified atom stereocenters. The molecule has 0 aromatic carbocycles. The molecule has 0 N–H and O–H groups in total. The third-order valence-corrected chi connectivity index (χ3v) is 5.00. The van der Waals surface area contributed by atoms with E-state index in [1.54, 1.807) is 7.11 Å². The zero-order valence-corrected chi connectivity index (χ0v) is 14.1. The Morgan fingerprint density at radius 3 is 2.74 bits per heavy atom. The Morgan fingerprint density at radius 2 is 2.04 bits per heavy atom. The van der Waals surface area contributed by atoms with E-state index >= 15 is 0 Å². The van der Waals surface area contributed by atoms with E-state index in [-0.39, 0.29) is 0 Å². The van der Waals surface area contributed by atoms with Gasteiger partial charge in [-0.1, -0.05) is 0 Å². The van der Waals surface area contributed by atoms with E-state index in [1.807, 2.05) is 0 Å². The fourth-order valence-corrected chi connectivity index (χ4v) is 3.55. The topological polar surface area (TPSA) is 86.1 Å². The van der Waals surface area contributed by atoms with Crippen molar-refractivity contribution in [1.29, 1.82) is 0 Å². The van der Waals surface area contributed by atoms with Crippen molar-refractivity contribution in [3.63, 3.8) is 0 Å². The van der Waals surface area contributed by atoms with Gasteiger partial charge in [0.1, 0.15) is 10.7 Å². The Labute approximate surface area is 137 Å². The number of aromatic nitrogens is 2. The number of hydrogen-bond acceptors (Lipinski definition) is 8. The van der Waals surface area contributed by atoms with Gasteiger partial charge in [0.2, 0.25) is 0 Å². The lowest BCUT2D eigenvalue weighted by Gasteiger charge is -2.28. The number of nitrogens with zero attached hydrogens (tertiary/aromatic N) is 4. The molecule has 0 amide bonds. The van der Waals surface area contributed by atoms with Crippen molar-refractivity contribution in [3.8, 4) is 6.01 Å². The van der Waals surface area contributed by atoms with Crippen molar-refractivity contribution in [1.82, 2.24) is 9.97 Å². The van der Waals surface area contributed by atoms with E-state index in [0.29, 0.717) is 48.7 Å². The first-order chi connectivity index (χ1) is 11.2. The fraction of sp³-hybridized carbons (Fsp3) is 0.643. The molecule has 1 aromatic heterocycles. The molecule has 9 heteroatoms. The monoisotopic (exact) mass is 340 g/mol. The molecule has 3 rings (SSSR count). The first kappa shape index (κ1) is 16.3. The van der Waals surface area contributed by atoms with Crippen LogP contribution in [-0.4, -0.2) is 72.1 Å². The minimum Gasteiger partial charge on any atom is -0.467 e. The molecule has 23 heavy (non-hydrogen) atoms. The summed E-state index contributed by atoms with van der Waals surface area (Å²) in [6.07, 6.45) is 0.460. The molecule has 2 aliphatic rings. The Balaban J connectivity index is 1.90. The quantitative estimate of drug-likeness (QED) is 0.762. The molecule has 3 heterocycles. The van der Waals surface area contributed by atoms with E-state index in [2.05, 4.69) is 19.9 Å². The summed E-state index contributed by atoms with van der Waals surface area (Å²) < 4.78 is 27.9. The van der Waals surface area contributed by atoms with Crippen molar-refractivity contribution in [3.05, 3.63) is 5.69 Å². The maximum Gasteiger partial charge on any atom is 0.318 e. The number of morpholine rings is 1. The molecule has 0 aliphatic carbocycles. The molecule has 8 nitrogen and oxygen atoms in total. The molecule has 0 saturated carbocycles. The standard InChI is InChI=1S/C14H20N4O4S/c1-20-7-8-23(19)11-9-10-12(16-11)13(17-14(15-10)21-2)18-3-5-22-6-4-18/h3-9H2,1-2H3. The summed E-state index contributed by atoms with van der Waals surface area (Å²) in [4.78, 5) is 15.5. The van der Waals surface area contributed by atoms with Gasteiger partial charge in [-0.15, -0.1) is 0 Å². The Hall–Kier alpha value is -1.58. The molecule has 1 aromatic rings. The summed E-state index contributed by atoms with van der Waals surface area (Å²) in [5.41, 5.74) is 1.47. The molecule has 0 spiro atoms. The lowest BCUT2D eigenvalue weighted by atomic mass is 10.3. The number of hydrogen-bond donors (Lipinski definition) is 0. The van der Waals surface area contributed by atoms with Crippen LogP contribution in [0.5, 0.6) is 6.01 Å². The molecule has 0 radical (unpaired) electrons. The fourth-order valence-electron chi connectivity index (χ4n) is 2.51. The van der Waals surface area contributed by atoms with Crippen LogP contribution in [0.4, 0.5) is 11.5 Å². The van der Waals surface area contributed by atoms with Gasteiger partial charge >= 0.3 is 6.01 Å². The maximum absolute atomic E-state index is 12.3. The van der Waals surface area contributed by atoms with Crippen LogP contribution in [0, 0.1) is 0 Å². The maximum atomic E-state index is 12.3. The number of fused-ring (bicyclic) bond motifs is 1. The van der Waals surface area contributed by atoms with Crippen molar-refractivity contribution in [2.45, 2.75) is 6.42 Å². The Morgan fingerprint density at radius 1 is 1.26 bits per heavy atom. The molecular formula is C14H20N4O4S. The van der Waals surface area contributed by atoms with Crippen LogP contribution in [0.15, 0.2) is 4.99 Å². The molecule has 126 valence electrons. The van der Waals surface area contributed by atoms with Crippen LogP contribution < -0.4 is 9.64 Å². The Kier molecular flexibility index (Phi) is 5.19. The second kappa shape index (κ2) is 7.33. The van der Waals surface area contributed by atoms with Crippen molar-refractivity contribution in [2.75, 3.05) is 57.8 Å². The number of methoxy groups -OCH3 is 2. The van der Waals surface area contributed by atoms with Gasteiger partial charge in [-0.25, -0.2) is 4.99 Å². The third kappa shape index (κ3) is 3.51. The third-order valence-electron chi connectivity index (χ3n) is 3.70. The van der Waals surface area contributed by atoms with Gasteiger partial charge in [0.05, 0.1) is 49.2 Å². The second-order valence-electron chi connectivity index (χ2n) is 5.15. The molecule has 1 saturated heterocycles. The van der Waals surface area contributed by atoms with Gasteiger partial charge in [-0.05, 0) is 0 Å². The number of ether oxygens (including phenoxy) is 3. The van der Waals surface area contributed by atoms with E-state index in [0.717, 1.165) is 24.6 Å².